The molecule has 0 spiro atoms. The van der Waals surface area contributed by atoms with Gasteiger partial charge in [-0.25, -0.2) is 13.1 Å². The molecule has 0 atom stereocenters. The summed E-state index contributed by atoms with van der Waals surface area (Å²) in [5.41, 5.74) is 0. The maximum atomic E-state index is 12.7. The number of carbonyl (C=O) groups is 1. The monoisotopic (exact) mass is 426 g/mol. The van der Waals surface area contributed by atoms with Crippen LogP contribution in [0.2, 0.25) is 0 Å². The normalized spacial score (nSPS) is 16.1. The highest BCUT2D eigenvalue weighted by Crippen LogP contribution is 2.32. The zero-order valence-electron chi connectivity index (χ0n) is 16.2. The molecule has 1 aliphatic rings. The Hall–Kier alpha value is -1.78. The van der Waals surface area contributed by atoms with Crippen molar-refractivity contribution in [1.29, 1.82) is 0 Å². The van der Waals surface area contributed by atoms with Crippen molar-refractivity contribution >= 4 is 27.3 Å². The lowest BCUT2D eigenvalue weighted by atomic mass is 10.1. The molecule has 2 aromatic heterocycles. The van der Waals surface area contributed by atoms with E-state index in [-0.39, 0.29) is 23.4 Å². The van der Waals surface area contributed by atoms with Crippen molar-refractivity contribution < 1.29 is 17.7 Å². The standard InChI is InChI=1S/C18H26N4O4S2/c1-3-17-21-18(22-26-17)14-10-15(12(2)27-14)28(24,25)19-11-16(23)20-13-8-6-4-5-7-9-13/h10,13,19H,3-9,11H2,1-2H3,(H,20,23). The molecule has 2 N–H and O–H groups in total. The van der Waals surface area contributed by atoms with Crippen LogP contribution in [0.25, 0.3) is 10.7 Å². The molecule has 0 radical (unpaired) electrons. The number of hydrogen-bond donors (Lipinski definition) is 2. The fourth-order valence-electron chi connectivity index (χ4n) is 3.28. The van der Waals surface area contributed by atoms with Crippen molar-refractivity contribution in [3.63, 3.8) is 0 Å². The summed E-state index contributed by atoms with van der Waals surface area (Å²) in [4.78, 5) is 17.8. The van der Waals surface area contributed by atoms with Gasteiger partial charge in [0.1, 0.15) is 0 Å². The molecule has 0 aromatic carbocycles. The van der Waals surface area contributed by atoms with E-state index in [0.29, 0.717) is 27.9 Å². The molecule has 0 aliphatic heterocycles. The van der Waals surface area contributed by atoms with Crippen molar-refractivity contribution in [1.82, 2.24) is 20.2 Å². The molecule has 1 saturated carbocycles. The number of nitrogens with zero attached hydrogens (tertiary/aromatic N) is 2. The van der Waals surface area contributed by atoms with Crippen LogP contribution in [0.15, 0.2) is 15.5 Å². The van der Waals surface area contributed by atoms with Gasteiger partial charge in [0.15, 0.2) is 0 Å². The van der Waals surface area contributed by atoms with Crippen LogP contribution < -0.4 is 10.0 Å². The van der Waals surface area contributed by atoms with Crippen molar-refractivity contribution in [2.45, 2.75) is 69.7 Å². The molecule has 2 heterocycles. The van der Waals surface area contributed by atoms with Crippen LogP contribution in [0.5, 0.6) is 0 Å². The maximum Gasteiger partial charge on any atom is 0.242 e. The summed E-state index contributed by atoms with van der Waals surface area (Å²) in [6.07, 6.45) is 7.11. The molecular formula is C18H26N4O4S2. The highest BCUT2D eigenvalue weighted by molar-refractivity contribution is 7.89. The Bertz CT molecular complexity index is 912. The topological polar surface area (TPSA) is 114 Å². The highest BCUT2D eigenvalue weighted by atomic mass is 32.2. The molecule has 10 heteroatoms. The summed E-state index contributed by atoms with van der Waals surface area (Å²) < 4.78 is 32.8. The minimum atomic E-state index is -3.81. The van der Waals surface area contributed by atoms with Gasteiger partial charge in [-0.05, 0) is 25.8 Å². The minimum absolute atomic E-state index is 0.137. The lowest BCUT2D eigenvalue weighted by molar-refractivity contribution is -0.120. The number of carbonyl (C=O) groups excluding carboxylic acids is 1. The number of rotatable bonds is 7. The van der Waals surface area contributed by atoms with Gasteiger partial charge < -0.3 is 9.84 Å². The van der Waals surface area contributed by atoms with Gasteiger partial charge in [-0.3, -0.25) is 4.79 Å². The second-order valence-electron chi connectivity index (χ2n) is 6.98. The van der Waals surface area contributed by atoms with Gasteiger partial charge in [-0.2, -0.15) is 4.98 Å². The Morgan fingerprint density at radius 1 is 1.29 bits per heavy atom. The molecule has 0 unspecified atom stereocenters. The fourth-order valence-corrected chi connectivity index (χ4v) is 5.78. The quantitative estimate of drug-likeness (QED) is 0.658. The summed E-state index contributed by atoms with van der Waals surface area (Å²) in [5.74, 6) is 0.575. The first kappa shape index (κ1) is 20.9. The van der Waals surface area contributed by atoms with Gasteiger partial charge in [0, 0.05) is 17.3 Å². The fraction of sp³-hybridized carbons (Fsp3) is 0.611. The second-order valence-corrected chi connectivity index (χ2v) is 9.97. The number of thiophene rings is 1. The molecule has 8 nitrogen and oxygen atoms in total. The first-order chi connectivity index (χ1) is 13.4. The van der Waals surface area contributed by atoms with Crippen molar-refractivity contribution in [2.24, 2.45) is 0 Å². The third kappa shape index (κ3) is 5.18. The summed E-state index contributed by atoms with van der Waals surface area (Å²) >= 11 is 1.28. The third-order valence-corrected chi connectivity index (χ3v) is 7.50. The van der Waals surface area contributed by atoms with Gasteiger partial charge in [0.2, 0.25) is 27.6 Å². The largest absolute Gasteiger partial charge is 0.352 e. The number of sulfonamides is 1. The SMILES string of the molecule is CCc1nc(-c2cc(S(=O)(=O)NCC(=O)NC3CCCCCC3)c(C)s2)no1. The molecule has 3 rings (SSSR count). The Morgan fingerprint density at radius 3 is 2.64 bits per heavy atom. The molecule has 1 aliphatic carbocycles. The summed E-state index contributed by atoms with van der Waals surface area (Å²) in [5, 5.41) is 6.83. The Morgan fingerprint density at radius 2 is 2.00 bits per heavy atom. The Labute approximate surface area is 169 Å². The lowest BCUT2D eigenvalue weighted by Gasteiger charge is -2.16. The lowest BCUT2D eigenvalue weighted by Crippen LogP contribution is -2.41. The van der Waals surface area contributed by atoms with Crippen LogP contribution in [-0.4, -0.2) is 37.1 Å². The third-order valence-electron chi connectivity index (χ3n) is 4.80. The van der Waals surface area contributed by atoms with E-state index in [2.05, 4.69) is 20.2 Å². The van der Waals surface area contributed by atoms with E-state index >= 15 is 0 Å². The summed E-state index contributed by atoms with van der Waals surface area (Å²) in [6.45, 7) is 3.34. The number of hydrogen-bond acceptors (Lipinski definition) is 7. The predicted octanol–water partition coefficient (Wildman–Crippen LogP) is 2.79. The van der Waals surface area contributed by atoms with Gasteiger partial charge in [0.25, 0.3) is 0 Å². The first-order valence-corrected chi connectivity index (χ1v) is 11.9. The predicted molar refractivity (Wildman–Crippen MR) is 107 cm³/mol. The van der Waals surface area contributed by atoms with Crippen LogP contribution >= 0.6 is 11.3 Å². The van der Waals surface area contributed by atoms with Crippen LogP contribution in [0.4, 0.5) is 0 Å². The van der Waals surface area contributed by atoms with Gasteiger partial charge in [-0.15, -0.1) is 11.3 Å². The molecule has 0 bridgehead atoms. The number of amides is 1. The van der Waals surface area contributed by atoms with Crippen molar-refractivity contribution in [2.75, 3.05) is 6.54 Å². The molecular weight excluding hydrogens is 400 g/mol. The van der Waals surface area contributed by atoms with E-state index in [9.17, 15) is 13.2 Å². The summed E-state index contributed by atoms with van der Waals surface area (Å²) in [6, 6.07) is 1.66. The minimum Gasteiger partial charge on any atom is -0.352 e. The van der Waals surface area contributed by atoms with Gasteiger partial charge in [0.05, 0.1) is 16.3 Å². The highest BCUT2D eigenvalue weighted by Gasteiger charge is 2.23. The van der Waals surface area contributed by atoms with Crippen LogP contribution in [0.3, 0.4) is 0 Å². The Balaban J connectivity index is 1.63. The molecule has 0 saturated heterocycles. The number of nitrogens with one attached hydrogen (secondary N) is 2. The Kier molecular flexibility index (Phi) is 6.84. The number of aromatic nitrogens is 2. The van der Waals surface area contributed by atoms with Crippen LogP contribution in [-0.2, 0) is 21.2 Å². The smallest absolute Gasteiger partial charge is 0.242 e. The average Bonchev–Trinajstić information content (AvgIpc) is 3.21. The van der Waals surface area contributed by atoms with E-state index in [1.54, 1.807) is 6.92 Å². The van der Waals surface area contributed by atoms with E-state index in [1.807, 2.05) is 6.92 Å². The zero-order valence-corrected chi connectivity index (χ0v) is 17.8. The molecule has 154 valence electrons. The summed E-state index contributed by atoms with van der Waals surface area (Å²) in [7, 11) is -3.81. The van der Waals surface area contributed by atoms with Crippen LogP contribution in [0.1, 0.15) is 56.2 Å². The van der Waals surface area contributed by atoms with E-state index < -0.39 is 10.0 Å². The number of aryl methyl sites for hydroxylation is 2. The second kappa shape index (κ2) is 9.15. The average molecular weight is 427 g/mol. The van der Waals surface area contributed by atoms with E-state index in [1.165, 1.54) is 30.2 Å². The van der Waals surface area contributed by atoms with E-state index in [4.69, 9.17) is 4.52 Å². The molecule has 28 heavy (non-hydrogen) atoms. The van der Waals surface area contributed by atoms with E-state index in [0.717, 1.165) is 25.7 Å². The van der Waals surface area contributed by atoms with Crippen LogP contribution in [0, 0.1) is 6.92 Å². The van der Waals surface area contributed by atoms with Gasteiger partial charge >= 0.3 is 0 Å². The zero-order chi connectivity index (χ0) is 20.1. The maximum absolute atomic E-state index is 12.7. The van der Waals surface area contributed by atoms with Crippen molar-refractivity contribution in [3.05, 3.63) is 16.8 Å². The molecule has 2 aromatic rings. The molecule has 1 fully saturated rings. The van der Waals surface area contributed by atoms with Gasteiger partial charge in [-0.1, -0.05) is 37.8 Å². The first-order valence-electron chi connectivity index (χ1n) is 9.61. The van der Waals surface area contributed by atoms with Crippen molar-refractivity contribution in [3.8, 4) is 10.7 Å². The molecule has 1 amide bonds.